The number of carbonyl (C=O) groups excluding carboxylic acids is 1. The summed E-state index contributed by atoms with van der Waals surface area (Å²) in [6, 6.07) is 0. The summed E-state index contributed by atoms with van der Waals surface area (Å²) < 4.78 is 6.87. The molecular formula is C15H21N5O3. The van der Waals surface area contributed by atoms with E-state index in [1.165, 1.54) is 6.20 Å². The van der Waals surface area contributed by atoms with Gasteiger partial charge in [0.15, 0.2) is 0 Å². The molecule has 0 saturated heterocycles. The van der Waals surface area contributed by atoms with Crippen molar-refractivity contribution in [2.45, 2.75) is 20.4 Å². The van der Waals surface area contributed by atoms with Crippen molar-refractivity contribution in [3.63, 3.8) is 0 Å². The smallest absolute Gasteiger partial charge is 0.272 e. The molecule has 23 heavy (non-hydrogen) atoms. The zero-order chi connectivity index (χ0) is 17.0. The van der Waals surface area contributed by atoms with E-state index in [4.69, 9.17) is 4.74 Å². The fourth-order valence-electron chi connectivity index (χ4n) is 2.35. The molecule has 0 bridgehead atoms. The molecule has 2 aromatic heterocycles. The Hall–Kier alpha value is -2.48. The fraction of sp³-hybridized carbons (Fsp3) is 0.467. The molecule has 0 aliphatic rings. The normalized spacial score (nSPS) is 10.8. The summed E-state index contributed by atoms with van der Waals surface area (Å²) in [5.41, 5.74) is 2.62. The van der Waals surface area contributed by atoms with E-state index in [1.54, 1.807) is 16.7 Å². The number of aromatic nitrogens is 4. The maximum absolute atomic E-state index is 12.7. The van der Waals surface area contributed by atoms with Gasteiger partial charge in [0.05, 0.1) is 24.7 Å². The monoisotopic (exact) mass is 319 g/mol. The van der Waals surface area contributed by atoms with Gasteiger partial charge >= 0.3 is 0 Å². The van der Waals surface area contributed by atoms with Gasteiger partial charge in [0.25, 0.3) is 11.5 Å². The van der Waals surface area contributed by atoms with E-state index in [0.29, 0.717) is 19.7 Å². The average Bonchev–Trinajstić information content (AvgIpc) is 2.76. The van der Waals surface area contributed by atoms with Crippen LogP contribution in [0, 0.1) is 13.8 Å². The van der Waals surface area contributed by atoms with Crippen molar-refractivity contribution in [2.24, 2.45) is 7.05 Å². The third-order valence-electron chi connectivity index (χ3n) is 3.74. The molecular weight excluding hydrogens is 298 g/mol. The minimum absolute atomic E-state index is 0.160. The summed E-state index contributed by atoms with van der Waals surface area (Å²) in [5, 5.41) is 4.37. The lowest BCUT2D eigenvalue weighted by molar-refractivity contribution is 0.0673. The van der Waals surface area contributed by atoms with Gasteiger partial charge in [0.2, 0.25) is 0 Å². The Morgan fingerprint density at radius 3 is 2.70 bits per heavy atom. The Morgan fingerprint density at radius 2 is 2.13 bits per heavy atom. The number of H-pyrrole nitrogens is 1. The zero-order valence-corrected chi connectivity index (χ0v) is 13.8. The van der Waals surface area contributed by atoms with Gasteiger partial charge in [-0.25, -0.2) is 0 Å². The summed E-state index contributed by atoms with van der Waals surface area (Å²) in [4.78, 5) is 32.0. The molecule has 0 spiro atoms. The third kappa shape index (κ3) is 3.84. The topological polar surface area (TPSA) is 93.1 Å². The SMILES string of the molecule is COCCN(Cc1c(C)nn(C)c1C)C(=O)c1cncc(=O)[nH]1. The molecule has 124 valence electrons. The molecule has 2 aromatic rings. The standard InChI is InChI=1S/C15H21N5O3/c1-10-12(11(2)19(3)18-10)9-20(5-6-23-4)15(22)13-7-16-8-14(21)17-13/h7-8H,5-6,9H2,1-4H3,(H,17,21). The van der Waals surface area contributed by atoms with E-state index < -0.39 is 5.56 Å². The number of amides is 1. The highest BCUT2D eigenvalue weighted by atomic mass is 16.5. The van der Waals surface area contributed by atoms with Gasteiger partial charge in [-0.3, -0.25) is 19.3 Å². The second-order valence-electron chi connectivity index (χ2n) is 5.30. The molecule has 0 atom stereocenters. The lowest BCUT2D eigenvalue weighted by atomic mass is 10.1. The van der Waals surface area contributed by atoms with Crippen LogP contribution in [0.2, 0.25) is 0 Å². The maximum atomic E-state index is 12.7. The fourth-order valence-corrected chi connectivity index (χ4v) is 2.35. The van der Waals surface area contributed by atoms with Crippen LogP contribution in [0.15, 0.2) is 17.2 Å². The largest absolute Gasteiger partial charge is 0.383 e. The Morgan fingerprint density at radius 1 is 1.39 bits per heavy atom. The van der Waals surface area contributed by atoms with E-state index >= 15 is 0 Å². The summed E-state index contributed by atoms with van der Waals surface area (Å²) >= 11 is 0. The van der Waals surface area contributed by atoms with Crippen LogP contribution in [0.4, 0.5) is 0 Å². The van der Waals surface area contributed by atoms with Crippen LogP contribution in [0.25, 0.3) is 0 Å². The van der Waals surface area contributed by atoms with Crippen LogP contribution in [0.5, 0.6) is 0 Å². The van der Waals surface area contributed by atoms with Gasteiger partial charge in [0.1, 0.15) is 5.69 Å². The van der Waals surface area contributed by atoms with E-state index in [1.807, 2.05) is 20.9 Å². The van der Waals surface area contributed by atoms with Gasteiger partial charge in [-0.1, -0.05) is 0 Å². The van der Waals surface area contributed by atoms with Crippen molar-refractivity contribution < 1.29 is 9.53 Å². The van der Waals surface area contributed by atoms with Crippen molar-refractivity contribution in [2.75, 3.05) is 20.3 Å². The number of aryl methyl sites for hydroxylation is 2. The minimum atomic E-state index is -0.406. The summed E-state index contributed by atoms with van der Waals surface area (Å²) in [5.74, 6) is -0.296. The quantitative estimate of drug-likeness (QED) is 0.832. The Bertz CT molecular complexity index is 750. The van der Waals surface area contributed by atoms with Gasteiger partial charge in [0, 0.05) is 38.5 Å². The van der Waals surface area contributed by atoms with Gasteiger partial charge in [-0.15, -0.1) is 0 Å². The van der Waals surface area contributed by atoms with Crippen molar-refractivity contribution in [1.82, 2.24) is 24.6 Å². The lowest BCUT2D eigenvalue weighted by Crippen LogP contribution is -2.35. The Kier molecular flexibility index (Phi) is 5.28. The molecule has 8 heteroatoms. The number of nitrogens with one attached hydrogen (secondary N) is 1. The van der Waals surface area contributed by atoms with Crippen LogP contribution in [0.3, 0.4) is 0 Å². The molecule has 0 aromatic carbocycles. The van der Waals surface area contributed by atoms with Crippen LogP contribution in [0.1, 0.15) is 27.4 Å². The Labute approximate surface area is 134 Å². The van der Waals surface area contributed by atoms with Crippen LogP contribution in [-0.4, -0.2) is 50.8 Å². The molecule has 2 rings (SSSR count). The number of rotatable bonds is 6. The van der Waals surface area contributed by atoms with Crippen LogP contribution >= 0.6 is 0 Å². The molecule has 1 N–H and O–H groups in total. The number of ether oxygens (including phenoxy) is 1. The highest BCUT2D eigenvalue weighted by molar-refractivity contribution is 5.91. The minimum Gasteiger partial charge on any atom is -0.383 e. The molecule has 1 amide bonds. The number of hydrogen-bond donors (Lipinski definition) is 1. The third-order valence-corrected chi connectivity index (χ3v) is 3.74. The number of carbonyl (C=O) groups is 1. The maximum Gasteiger partial charge on any atom is 0.272 e. The Balaban J connectivity index is 2.29. The second-order valence-corrected chi connectivity index (χ2v) is 5.30. The number of methoxy groups -OCH3 is 1. The highest BCUT2D eigenvalue weighted by Crippen LogP contribution is 2.15. The molecule has 0 aliphatic carbocycles. The molecule has 8 nitrogen and oxygen atoms in total. The van der Waals surface area contributed by atoms with Gasteiger partial charge in [-0.05, 0) is 13.8 Å². The number of hydrogen-bond acceptors (Lipinski definition) is 5. The zero-order valence-electron chi connectivity index (χ0n) is 13.8. The van der Waals surface area contributed by atoms with Crippen molar-refractivity contribution in [3.8, 4) is 0 Å². The second kappa shape index (κ2) is 7.19. The first-order valence-corrected chi connectivity index (χ1v) is 7.25. The average molecular weight is 319 g/mol. The molecule has 0 saturated carbocycles. The predicted octanol–water partition coefficient (Wildman–Crippen LogP) is 0.409. The van der Waals surface area contributed by atoms with E-state index in [2.05, 4.69) is 15.1 Å². The highest BCUT2D eigenvalue weighted by Gasteiger charge is 2.20. The van der Waals surface area contributed by atoms with Crippen LogP contribution in [-0.2, 0) is 18.3 Å². The van der Waals surface area contributed by atoms with Crippen molar-refractivity contribution in [3.05, 3.63) is 45.4 Å². The molecule has 0 aliphatic heterocycles. The summed E-state index contributed by atoms with van der Waals surface area (Å²) in [7, 11) is 3.45. The molecule has 0 unspecified atom stereocenters. The summed E-state index contributed by atoms with van der Waals surface area (Å²) in [6.07, 6.45) is 2.48. The number of aromatic amines is 1. The van der Waals surface area contributed by atoms with Crippen molar-refractivity contribution in [1.29, 1.82) is 0 Å². The van der Waals surface area contributed by atoms with E-state index in [-0.39, 0.29) is 11.6 Å². The van der Waals surface area contributed by atoms with Gasteiger partial charge in [-0.2, -0.15) is 5.10 Å². The van der Waals surface area contributed by atoms with Gasteiger partial charge < -0.3 is 14.6 Å². The van der Waals surface area contributed by atoms with E-state index in [9.17, 15) is 9.59 Å². The van der Waals surface area contributed by atoms with Crippen molar-refractivity contribution >= 4 is 5.91 Å². The van der Waals surface area contributed by atoms with Crippen LogP contribution < -0.4 is 5.56 Å². The lowest BCUT2D eigenvalue weighted by Gasteiger charge is -2.22. The predicted molar refractivity (Wildman–Crippen MR) is 84.2 cm³/mol. The molecule has 2 heterocycles. The molecule has 0 fully saturated rings. The van der Waals surface area contributed by atoms with E-state index in [0.717, 1.165) is 23.1 Å². The first kappa shape index (κ1) is 16.9. The molecule has 0 radical (unpaired) electrons. The number of nitrogens with zero attached hydrogens (tertiary/aromatic N) is 4. The first-order valence-electron chi connectivity index (χ1n) is 7.25. The first-order chi connectivity index (χ1) is 10.9. The summed E-state index contributed by atoms with van der Waals surface area (Å²) in [6.45, 7) is 5.06.